The number of nitrogens with one attached hydrogen (secondary N) is 1. The van der Waals surface area contributed by atoms with Gasteiger partial charge < -0.3 is 10.1 Å². The number of nitro benzene ring substituents is 1. The molecule has 25 heavy (non-hydrogen) atoms. The summed E-state index contributed by atoms with van der Waals surface area (Å²) in [6.07, 6.45) is 4.96. The van der Waals surface area contributed by atoms with E-state index >= 15 is 0 Å². The largest absolute Gasteiger partial charge is 0.382 e. The zero-order chi connectivity index (χ0) is 18.6. The fourth-order valence-corrected chi connectivity index (χ4v) is 4.25. The Morgan fingerprint density at radius 3 is 2.60 bits per heavy atom. The van der Waals surface area contributed by atoms with E-state index in [0.29, 0.717) is 18.2 Å². The van der Waals surface area contributed by atoms with Crippen molar-refractivity contribution in [2.24, 2.45) is 5.92 Å². The predicted molar refractivity (Wildman–Crippen MR) is 96.7 cm³/mol. The minimum Gasteiger partial charge on any atom is -0.382 e. The maximum Gasteiger partial charge on any atom is 0.288 e. The van der Waals surface area contributed by atoms with Crippen molar-refractivity contribution in [3.63, 3.8) is 0 Å². The zero-order valence-electron chi connectivity index (χ0n) is 14.9. The van der Waals surface area contributed by atoms with Crippen molar-refractivity contribution >= 4 is 21.2 Å². The first-order chi connectivity index (χ1) is 11.8. The molecule has 1 aliphatic rings. The first kappa shape index (κ1) is 19.7. The summed E-state index contributed by atoms with van der Waals surface area (Å²) in [6.45, 7) is 4.97. The SMILES string of the molecule is CCC(CC)C1CC(Nc2ccc([N+](=O)[O-])c(S(C)(=O)=O)c2)CCO1. The summed E-state index contributed by atoms with van der Waals surface area (Å²) in [7, 11) is -3.68. The second kappa shape index (κ2) is 8.14. The summed E-state index contributed by atoms with van der Waals surface area (Å²) >= 11 is 0. The van der Waals surface area contributed by atoms with Crippen LogP contribution < -0.4 is 5.32 Å². The van der Waals surface area contributed by atoms with Gasteiger partial charge in [-0.1, -0.05) is 26.7 Å². The van der Waals surface area contributed by atoms with Crippen molar-refractivity contribution in [3.05, 3.63) is 28.3 Å². The molecule has 0 aliphatic carbocycles. The van der Waals surface area contributed by atoms with Gasteiger partial charge in [-0.15, -0.1) is 0 Å². The van der Waals surface area contributed by atoms with Crippen LogP contribution in [0.15, 0.2) is 23.1 Å². The summed E-state index contributed by atoms with van der Waals surface area (Å²) in [4.78, 5) is 10.1. The van der Waals surface area contributed by atoms with Crippen molar-refractivity contribution < 1.29 is 18.1 Å². The highest BCUT2D eigenvalue weighted by molar-refractivity contribution is 7.90. The number of sulfone groups is 1. The van der Waals surface area contributed by atoms with E-state index in [9.17, 15) is 18.5 Å². The molecule has 0 radical (unpaired) electrons. The van der Waals surface area contributed by atoms with Crippen molar-refractivity contribution in [1.82, 2.24) is 0 Å². The Morgan fingerprint density at radius 1 is 1.36 bits per heavy atom. The van der Waals surface area contributed by atoms with Gasteiger partial charge in [-0.3, -0.25) is 10.1 Å². The molecule has 0 amide bonds. The molecule has 1 heterocycles. The van der Waals surface area contributed by atoms with E-state index in [1.807, 2.05) is 0 Å². The molecule has 2 unspecified atom stereocenters. The molecule has 8 heteroatoms. The molecule has 1 aliphatic heterocycles. The van der Waals surface area contributed by atoms with Crippen molar-refractivity contribution in [2.75, 3.05) is 18.2 Å². The molecule has 1 aromatic rings. The monoisotopic (exact) mass is 370 g/mol. The first-order valence-corrected chi connectivity index (χ1v) is 10.5. The van der Waals surface area contributed by atoms with E-state index in [0.717, 1.165) is 31.9 Å². The second-order valence-electron chi connectivity index (χ2n) is 6.56. The predicted octanol–water partition coefficient (Wildman–Crippen LogP) is 3.39. The minimum absolute atomic E-state index is 0.160. The molecule has 1 fully saturated rings. The molecule has 0 bridgehead atoms. The highest BCUT2D eigenvalue weighted by Crippen LogP contribution is 2.30. The Morgan fingerprint density at radius 2 is 2.04 bits per heavy atom. The molecule has 2 atom stereocenters. The van der Waals surface area contributed by atoms with Gasteiger partial charge in [0.05, 0.1) is 11.0 Å². The molecule has 1 aromatic carbocycles. The lowest BCUT2D eigenvalue weighted by atomic mass is 9.89. The average molecular weight is 370 g/mol. The van der Waals surface area contributed by atoms with E-state index in [2.05, 4.69) is 19.2 Å². The van der Waals surface area contributed by atoms with Crippen LogP contribution in [0.4, 0.5) is 11.4 Å². The van der Waals surface area contributed by atoms with E-state index in [1.54, 1.807) is 6.07 Å². The maximum atomic E-state index is 11.9. The molecule has 1 saturated heterocycles. The van der Waals surface area contributed by atoms with Crippen LogP contribution in [0.25, 0.3) is 0 Å². The Labute approximate surface area is 148 Å². The number of rotatable bonds is 7. The lowest BCUT2D eigenvalue weighted by molar-refractivity contribution is -0.387. The number of hydrogen-bond acceptors (Lipinski definition) is 6. The van der Waals surface area contributed by atoms with Crippen LogP contribution in [0.2, 0.25) is 0 Å². The fraction of sp³-hybridized carbons (Fsp3) is 0.647. The second-order valence-corrected chi connectivity index (χ2v) is 8.55. The highest BCUT2D eigenvalue weighted by Gasteiger charge is 2.28. The third kappa shape index (κ3) is 4.92. The van der Waals surface area contributed by atoms with Crippen LogP contribution in [-0.2, 0) is 14.6 Å². The van der Waals surface area contributed by atoms with E-state index in [-0.39, 0.29) is 17.0 Å². The Bertz CT molecular complexity index is 716. The summed E-state index contributed by atoms with van der Waals surface area (Å²) in [6, 6.07) is 4.33. The molecule has 0 saturated carbocycles. The quantitative estimate of drug-likeness (QED) is 0.583. The lowest BCUT2D eigenvalue weighted by Gasteiger charge is -2.35. The van der Waals surface area contributed by atoms with Gasteiger partial charge >= 0.3 is 0 Å². The van der Waals surface area contributed by atoms with Gasteiger partial charge in [0.15, 0.2) is 9.84 Å². The summed E-state index contributed by atoms with van der Waals surface area (Å²) in [5.74, 6) is 0.507. The Hall–Kier alpha value is -1.67. The number of nitrogens with zero attached hydrogens (tertiary/aromatic N) is 1. The molecular weight excluding hydrogens is 344 g/mol. The van der Waals surface area contributed by atoms with Gasteiger partial charge in [0.2, 0.25) is 0 Å². The van der Waals surface area contributed by atoms with E-state index < -0.39 is 20.4 Å². The summed E-state index contributed by atoms with van der Waals surface area (Å²) in [5.41, 5.74) is 0.191. The molecular formula is C17H26N2O5S. The van der Waals surface area contributed by atoms with Crippen LogP contribution in [0.5, 0.6) is 0 Å². The van der Waals surface area contributed by atoms with Crippen molar-refractivity contribution in [3.8, 4) is 0 Å². The molecule has 0 spiro atoms. The van der Waals surface area contributed by atoms with Crippen molar-refractivity contribution in [1.29, 1.82) is 0 Å². The van der Waals surface area contributed by atoms with Gasteiger partial charge in [-0.05, 0) is 30.9 Å². The Kier molecular flexibility index (Phi) is 6.40. The molecule has 1 N–H and O–H groups in total. The molecule has 0 aromatic heterocycles. The highest BCUT2D eigenvalue weighted by atomic mass is 32.2. The smallest absolute Gasteiger partial charge is 0.288 e. The normalized spacial score (nSPS) is 21.3. The van der Waals surface area contributed by atoms with E-state index in [1.165, 1.54) is 12.1 Å². The number of ether oxygens (including phenoxy) is 1. The van der Waals surface area contributed by atoms with Crippen LogP contribution in [0, 0.1) is 16.0 Å². The molecule has 7 nitrogen and oxygen atoms in total. The molecule has 140 valence electrons. The third-order valence-electron chi connectivity index (χ3n) is 4.82. The number of benzene rings is 1. The topological polar surface area (TPSA) is 98.5 Å². The number of nitro groups is 1. The van der Waals surface area contributed by atoms with Gasteiger partial charge in [0, 0.05) is 30.7 Å². The Balaban J connectivity index is 2.18. The third-order valence-corrected chi connectivity index (χ3v) is 5.94. The first-order valence-electron chi connectivity index (χ1n) is 8.62. The average Bonchev–Trinajstić information content (AvgIpc) is 2.55. The molecule has 2 rings (SSSR count). The van der Waals surface area contributed by atoms with Crippen LogP contribution in [-0.4, -0.2) is 38.3 Å². The van der Waals surface area contributed by atoms with Gasteiger partial charge in [0.25, 0.3) is 5.69 Å². The van der Waals surface area contributed by atoms with Gasteiger partial charge in [0.1, 0.15) is 4.90 Å². The fourth-order valence-electron chi connectivity index (χ4n) is 3.39. The van der Waals surface area contributed by atoms with Crippen molar-refractivity contribution in [2.45, 2.75) is 56.6 Å². The van der Waals surface area contributed by atoms with Crippen LogP contribution in [0.1, 0.15) is 39.5 Å². The minimum atomic E-state index is -3.68. The van der Waals surface area contributed by atoms with E-state index in [4.69, 9.17) is 4.74 Å². The maximum absolute atomic E-state index is 11.9. The number of anilines is 1. The number of hydrogen-bond donors (Lipinski definition) is 1. The van der Waals surface area contributed by atoms with Gasteiger partial charge in [-0.25, -0.2) is 8.42 Å². The van der Waals surface area contributed by atoms with Gasteiger partial charge in [-0.2, -0.15) is 0 Å². The van der Waals surface area contributed by atoms with Crippen LogP contribution >= 0.6 is 0 Å². The standard InChI is InChI=1S/C17H26N2O5S/c1-4-12(5-2)16-10-14(8-9-24-16)18-13-6-7-15(19(20)21)17(11-13)25(3,22)23/h6-7,11-12,14,16,18H,4-5,8-10H2,1-3H3. The zero-order valence-corrected chi connectivity index (χ0v) is 15.7. The van der Waals surface area contributed by atoms with Crippen LogP contribution in [0.3, 0.4) is 0 Å². The lowest BCUT2D eigenvalue weighted by Crippen LogP contribution is -2.37. The summed E-state index contributed by atoms with van der Waals surface area (Å²) in [5, 5.41) is 14.4. The summed E-state index contributed by atoms with van der Waals surface area (Å²) < 4.78 is 29.6.